The molecule has 0 saturated carbocycles. The molecule has 2 unspecified atom stereocenters. The van der Waals surface area contributed by atoms with E-state index in [1.807, 2.05) is 6.20 Å². The Labute approximate surface area is 122 Å². The maximum Gasteiger partial charge on any atom is 0.0554 e. The molecule has 0 aliphatic carbocycles. The summed E-state index contributed by atoms with van der Waals surface area (Å²) in [5, 5.41) is 8.05. The zero-order valence-corrected chi connectivity index (χ0v) is 13.3. The summed E-state index contributed by atoms with van der Waals surface area (Å²) in [5.41, 5.74) is 1.32. The smallest absolute Gasteiger partial charge is 0.0554 e. The second-order valence-corrected chi connectivity index (χ2v) is 5.81. The molecule has 0 radical (unpaired) electrons. The number of likely N-dealkylation sites (N-methyl/N-ethyl adjacent to an activating group) is 2. The van der Waals surface area contributed by atoms with Crippen LogP contribution >= 0.6 is 0 Å². The van der Waals surface area contributed by atoms with E-state index in [-0.39, 0.29) is 0 Å². The highest BCUT2D eigenvalue weighted by Gasteiger charge is 2.26. The van der Waals surface area contributed by atoms with E-state index in [1.165, 1.54) is 12.2 Å². The first-order valence-corrected chi connectivity index (χ1v) is 7.79. The third-order valence-electron chi connectivity index (χ3n) is 4.34. The van der Waals surface area contributed by atoms with E-state index in [9.17, 15) is 0 Å². The first kappa shape index (κ1) is 15.5. The van der Waals surface area contributed by atoms with Crippen molar-refractivity contribution in [3.63, 3.8) is 0 Å². The second kappa shape index (κ2) is 7.20. The molecule has 5 heteroatoms. The van der Waals surface area contributed by atoms with E-state index < -0.39 is 0 Å². The highest BCUT2D eigenvalue weighted by Crippen LogP contribution is 2.22. The van der Waals surface area contributed by atoms with Crippen LogP contribution in [0.2, 0.25) is 0 Å². The average Bonchev–Trinajstić information content (AvgIpc) is 2.90. The molecule has 20 heavy (non-hydrogen) atoms. The first-order valence-electron chi connectivity index (χ1n) is 7.79. The van der Waals surface area contributed by atoms with Crippen molar-refractivity contribution in [2.75, 3.05) is 40.3 Å². The van der Waals surface area contributed by atoms with Crippen LogP contribution in [0.1, 0.15) is 32.0 Å². The van der Waals surface area contributed by atoms with Crippen LogP contribution in [-0.2, 0) is 6.54 Å². The highest BCUT2D eigenvalue weighted by molar-refractivity contribution is 5.08. The van der Waals surface area contributed by atoms with Crippen LogP contribution in [0.5, 0.6) is 0 Å². The zero-order valence-electron chi connectivity index (χ0n) is 13.3. The summed E-state index contributed by atoms with van der Waals surface area (Å²) >= 11 is 0. The minimum Gasteiger partial charge on any atom is -0.309 e. The molecule has 1 aliphatic rings. The van der Waals surface area contributed by atoms with Crippen molar-refractivity contribution < 1.29 is 0 Å². The topological polar surface area (TPSA) is 36.3 Å². The van der Waals surface area contributed by atoms with Crippen molar-refractivity contribution in [2.45, 2.75) is 38.9 Å². The number of hydrogen-bond acceptors (Lipinski definition) is 4. The van der Waals surface area contributed by atoms with E-state index in [0.29, 0.717) is 12.1 Å². The Morgan fingerprint density at radius 2 is 2.15 bits per heavy atom. The monoisotopic (exact) mass is 279 g/mol. The van der Waals surface area contributed by atoms with Crippen molar-refractivity contribution >= 4 is 0 Å². The van der Waals surface area contributed by atoms with E-state index in [4.69, 9.17) is 0 Å². The highest BCUT2D eigenvalue weighted by atomic mass is 15.3. The van der Waals surface area contributed by atoms with Gasteiger partial charge in [0.2, 0.25) is 0 Å². The molecular weight excluding hydrogens is 250 g/mol. The summed E-state index contributed by atoms with van der Waals surface area (Å²) < 4.78 is 2.11. The van der Waals surface area contributed by atoms with Crippen LogP contribution in [0, 0.1) is 0 Å². The van der Waals surface area contributed by atoms with Crippen molar-refractivity contribution in [3.8, 4) is 0 Å². The molecule has 2 atom stereocenters. The van der Waals surface area contributed by atoms with Gasteiger partial charge in [-0.15, -0.1) is 0 Å². The standard InChI is InChI=1S/C15H29N5/c1-5-16-14(15-7-8-17-20(15)6-2)11-13-12-18(3)9-10-19(13)4/h7-8,13-14,16H,5-6,9-12H2,1-4H3. The molecule has 1 N–H and O–H groups in total. The molecule has 1 aromatic heterocycles. The van der Waals surface area contributed by atoms with Gasteiger partial charge in [-0.05, 0) is 40.1 Å². The molecule has 0 amide bonds. The fraction of sp³-hybridized carbons (Fsp3) is 0.800. The predicted molar refractivity (Wildman–Crippen MR) is 82.9 cm³/mol. The van der Waals surface area contributed by atoms with Gasteiger partial charge >= 0.3 is 0 Å². The van der Waals surface area contributed by atoms with E-state index in [1.54, 1.807) is 0 Å². The van der Waals surface area contributed by atoms with Gasteiger partial charge < -0.3 is 15.1 Å². The normalized spacial score (nSPS) is 23.1. The van der Waals surface area contributed by atoms with Gasteiger partial charge in [0.05, 0.1) is 11.7 Å². The molecule has 5 nitrogen and oxygen atoms in total. The Bertz CT molecular complexity index is 403. The summed E-state index contributed by atoms with van der Waals surface area (Å²) in [6.45, 7) is 9.74. The van der Waals surface area contributed by atoms with Crippen molar-refractivity contribution in [3.05, 3.63) is 18.0 Å². The van der Waals surface area contributed by atoms with Gasteiger partial charge in [0, 0.05) is 38.4 Å². The van der Waals surface area contributed by atoms with Crippen molar-refractivity contribution in [2.24, 2.45) is 0 Å². The lowest BCUT2D eigenvalue weighted by molar-refractivity contribution is 0.100. The lowest BCUT2D eigenvalue weighted by Crippen LogP contribution is -2.51. The lowest BCUT2D eigenvalue weighted by atomic mass is 10.0. The Hall–Kier alpha value is -0.910. The Kier molecular flexibility index (Phi) is 5.57. The number of aryl methyl sites for hydroxylation is 1. The summed E-state index contributed by atoms with van der Waals surface area (Å²) in [6.07, 6.45) is 3.06. The number of rotatable bonds is 6. The van der Waals surface area contributed by atoms with Crippen LogP contribution in [0.3, 0.4) is 0 Å². The van der Waals surface area contributed by atoms with E-state index >= 15 is 0 Å². The van der Waals surface area contributed by atoms with Gasteiger partial charge in [0.25, 0.3) is 0 Å². The number of nitrogens with zero attached hydrogens (tertiary/aromatic N) is 4. The van der Waals surface area contributed by atoms with Crippen LogP contribution in [0.25, 0.3) is 0 Å². The molecule has 114 valence electrons. The summed E-state index contributed by atoms with van der Waals surface area (Å²) in [7, 11) is 4.47. The molecule has 1 aromatic rings. The fourth-order valence-corrected chi connectivity index (χ4v) is 3.09. The Balaban J connectivity index is 2.08. The molecule has 2 rings (SSSR count). The summed E-state index contributed by atoms with van der Waals surface area (Å²) in [4.78, 5) is 4.93. The van der Waals surface area contributed by atoms with Gasteiger partial charge in [-0.25, -0.2) is 0 Å². The fourth-order valence-electron chi connectivity index (χ4n) is 3.09. The predicted octanol–water partition coefficient (Wildman–Crippen LogP) is 1.19. The lowest BCUT2D eigenvalue weighted by Gasteiger charge is -2.39. The average molecular weight is 279 g/mol. The minimum atomic E-state index is 0.390. The van der Waals surface area contributed by atoms with Crippen LogP contribution < -0.4 is 5.32 Å². The molecule has 1 saturated heterocycles. The zero-order chi connectivity index (χ0) is 14.5. The summed E-state index contributed by atoms with van der Waals surface area (Å²) in [5.74, 6) is 0. The van der Waals surface area contributed by atoms with E-state index in [2.05, 4.69) is 58.9 Å². The number of hydrogen-bond donors (Lipinski definition) is 1. The largest absolute Gasteiger partial charge is 0.309 e. The van der Waals surface area contributed by atoms with Crippen molar-refractivity contribution in [1.82, 2.24) is 24.9 Å². The molecule has 0 spiro atoms. The van der Waals surface area contributed by atoms with Crippen LogP contribution in [-0.4, -0.2) is 65.9 Å². The second-order valence-electron chi connectivity index (χ2n) is 5.81. The number of piperazine rings is 1. The maximum absolute atomic E-state index is 4.42. The SMILES string of the molecule is CCNC(CC1CN(C)CCN1C)c1ccnn1CC. The number of aromatic nitrogens is 2. The quantitative estimate of drug-likeness (QED) is 0.848. The van der Waals surface area contributed by atoms with Gasteiger partial charge in [-0.3, -0.25) is 4.68 Å². The van der Waals surface area contributed by atoms with Gasteiger partial charge in [0.15, 0.2) is 0 Å². The summed E-state index contributed by atoms with van der Waals surface area (Å²) in [6, 6.07) is 3.16. The Morgan fingerprint density at radius 3 is 2.85 bits per heavy atom. The van der Waals surface area contributed by atoms with Gasteiger partial charge in [0.1, 0.15) is 0 Å². The first-order chi connectivity index (χ1) is 9.65. The van der Waals surface area contributed by atoms with Crippen molar-refractivity contribution in [1.29, 1.82) is 0 Å². The molecule has 0 bridgehead atoms. The van der Waals surface area contributed by atoms with Crippen LogP contribution in [0.4, 0.5) is 0 Å². The third kappa shape index (κ3) is 3.59. The van der Waals surface area contributed by atoms with E-state index in [0.717, 1.165) is 32.6 Å². The molecular formula is C15H29N5. The molecule has 2 heterocycles. The molecule has 1 aliphatic heterocycles. The number of nitrogens with one attached hydrogen (secondary N) is 1. The van der Waals surface area contributed by atoms with Crippen LogP contribution in [0.15, 0.2) is 12.3 Å². The Morgan fingerprint density at radius 1 is 1.35 bits per heavy atom. The molecule has 1 fully saturated rings. The molecule has 0 aromatic carbocycles. The third-order valence-corrected chi connectivity index (χ3v) is 4.34. The minimum absolute atomic E-state index is 0.390. The van der Waals surface area contributed by atoms with Gasteiger partial charge in [-0.1, -0.05) is 6.92 Å². The maximum atomic E-state index is 4.42. The van der Waals surface area contributed by atoms with Gasteiger partial charge in [-0.2, -0.15) is 5.10 Å².